The Bertz CT molecular complexity index is 636. The van der Waals surface area contributed by atoms with Gasteiger partial charge in [-0.15, -0.1) is 0 Å². The van der Waals surface area contributed by atoms with E-state index in [0.717, 1.165) is 6.54 Å². The number of hydrogen-bond donors (Lipinski definition) is 2. The van der Waals surface area contributed by atoms with Crippen molar-refractivity contribution in [3.05, 3.63) is 0 Å². The van der Waals surface area contributed by atoms with Crippen LogP contribution in [0.2, 0.25) is 0 Å². The highest BCUT2D eigenvalue weighted by Gasteiger charge is 2.03. The van der Waals surface area contributed by atoms with Gasteiger partial charge in [-0.1, -0.05) is 348 Å². The Morgan fingerprint density at radius 2 is 0.328 bits per heavy atom. The second-order valence-corrected chi connectivity index (χ2v) is 20.5. The summed E-state index contributed by atoms with van der Waals surface area (Å²) >= 11 is 0. The van der Waals surface area contributed by atoms with Crippen LogP contribution in [-0.4, -0.2) is 12.6 Å². The summed E-state index contributed by atoms with van der Waals surface area (Å²) in [4.78, 5) is 0. The molecule has 4 N–H and O–H groups in total. The van der Waals surface area contributed by atoms with Crippen molar-refractivity contribution in [3.63, 3.8) is 0 Å². The van der Waals surface area contributed by atoms with Gasteiger partial charge in [-0.05, 0) is 25.8 Å². The second kappa shape index (κ2) is 62.0. The molecule has 0 saturated carbocycles. The van der Waals surface area contributed by atoms with E-state index in [-0.39, 0.29) is 0 Å². The molecule has 0 atom stereocenters. The molecule has 0 aliphatic heterocycles. The Morgan fingerprint density at radius 1 is 0.197 bits per heavy atom. The third-order valence-corrected chi connectivity index (χ3v) is 13.9. The fourth-order valence-electron chi connectivity index (χ4n) is 9.45. The number of rotatable bonds is 54. The maximum absolute atomic E-state index is 6.39. The van der Waals surface area contributed by atoms with E-state index in [1.54, 1.807) is 0 Å². The molecule has 61 heavy (non-hydrogen) atoms. The first kappa shape index (κ1) is 63.0. The highest BCUT2D eigenvalue weighted by molar-refractivity contribution is 4.62. The molecular formula is C59H124N2. The first-order valence-corrected chi connectivity index (χ1v) is 29.7. The zero-order valence-corrected chi connectivity index (χ0v) is 43.6. The Hall–Kier alpha value is -0.0800. The zero-order chi connectivity index (χ0) is 44.5. The van der Waals surface area contributed by atoms with Crippen molar-refractivity contribution in [2.45, 2.75) is 374 Å². The average molecular weight is 862 g/mol. The van der Waals surface area contributed by atoms with Crippen molar-refractivity contribution < 1.29 is 0 Å². The van der Waals surface area contributed by atoms with Gasteiger partial charge in [0, 0.05) is 6.04 Å². The summed E-state index contributed by atoms with van der Waals surface area (Å²) in [5.74, 6) is 0. The molecule has 0 unspecified atom stereocenters. The summed E-state index contributed by atoms with van der Waals surface area (Å²) in [6, 6.07) is 0.466. The van der Waals surface area contributed by atoms with Crippen LogP contribution in [0.1, 0.15) is 367 Å². The molecule has 0 saturated heterocycles. The van der Waals surface area contributed by atoms with Gasteiger partial charge in [0.05, 0.1) is 0 Å². The monoisotopic (exact) mass is 861 g/mol. The van der Waals surface area contributed by atoms with Crippen LogP contribution in [0.3, 0.4) is 0 Å². The standard InChI is InChI=1S/C37H77N.C22H47N/c1-3-5-7-9-11-13-15-17-19-21-23-25-27-29-31-33-35-37(38)36-34-32-30-28-26-24-22-20-18-16-14-12-10-8-6-4-2;1-2-3-4-5-6-7-8-9-10-11-12-13-14-15-16-17-18-19-20-21-22-23/h37H,3-36,38H2,1-2H3;2-23H2,1H3. The normalized spacial score (nSPS) is 11.5. The summed E-state index contributed by atoms with van der Waals surface area (Å²) in [6.45, 7) is 7.78. The van der Waals surface area contributed by atoms with Gasteiger partial charge in [0.25, 0.3) is 0 Å². The molecule has 0 aliphatic rings. The van der Waals surface area contributed by atoms with E-state index in [1.807, 2.05) is 0 Å². The van der Waals surface area contributed by atoms with Crippen LogP contribution < -0.4 is 11.5 Å². The molecule has 0 aromatic rings. The van der Waals surface area contributed by atoms with Gasteiger partial charge in [0.2, 0.25) is 0 Å². The van der Waals surface area contributed by atoms with E-state index < -0.39 is 0 Å². The molecule has 0 fully saturated rings. The zero-order valence-electron chi connectivity index (χ0n) is 43.6. The molecule has 0 aromatic heterocycles. The smallest absolute Gasteiger partial charge is 0.00388 e. The van der Waals surface area contributed by atoms with Crippen LogP contribution in [0.25, 0.3) is 0 Å². The third-order valence-electron chi connectivity index (χ3n) is 13.9. The molecule has 0 amide bonds. The molecule has 0 aromatic carbocycles. The highest BCUT2D eigenvalue weighted by atomic mass is 14.6. The van der Waals surface area contributed by atoms with Crippen molar-refractivity contribution in [1.29, 1.82) is 0 Å². The van der Waals surface area contributed by atoms with Gasteiger partial charge in [0.1, 0.15) is 0 Å². The van der Waals surface area contributed by atoms with E-state index >= 15 is 0 Å². The van der Waals surface area contributed by atoms with Crippen molar-refractivity contribution in [2.75, 3.05) is 6.54 Å². The fourth-order valence-corrected chi connectivity index (χ4v) is 9.45. The lowest BCUT2D eigenvalue weighted by atomic mass is 10.00. The molecule has 2 nitrogen and oxygen atoms in total. The van der Waals surface area contributed by atoms with Gasteiger partial charge in [0.15, 0.2) is 0 Å². The number of hydrogen-bond acceptors (Lipinski definition) is 2. The average Bonchev–Trinajstić information content (AvgIpc) is 3.27. The van der Waals surface area contributed by atoms with Crippen LogP contribution in [0.5, 0.6) is 0 Å². The Morgan fingerprint density at radius 3 is 0.475 bits per heavy atom. The summed E-state index contributed by atoms with van der Waals surface area (Å²) in [6.07, 6.45) is 77.7. The Labute approximate surface area is 390 Å². The molecular weight excluding hydrogens is 737 g/mol. The lowest BCUT2D eigenvalue weighted by Crippen LogP contribution is -2.19. The van der Waals surface area contributed by atoms with Crippen LogP contribution in [0.15, 0.2) is 0 Å². The maximum Gasteiger partial charge on any atom is 0.00388 e. The summed E-state index contributed by atoms with van der Waals surface area (Å²) in [7, 11) is 0. The molecule has 2 heteroatoms. The molecule has 0 aliphatic carbocycles. The van der Waals surface area contributed by atoms with Crippen molar-refractivity contribution >= 4 is 0 Å². The molecule has 0 radical (unpaired) electrons. The second-order valence-electron chi connectivity index (χ2n) is 20.5. The minimum absolute atomic E-state index is 0.466. The van der Waals surface area contributed by atoms with E-state index in [9.17, 15) is 0 Å². The van der Waals surface area contributed by atoms with Crippen molar-refractivity contribution in [3.8, 4) is 0 Å². The third kappa shape index (κ3) is 64.3. The fraction of sp³-hybridized carbons (Fsp3) is 1.00. The summed E-state index contributed by atoms with van der Waals surface area (Å²) in [5, 5.41) is 0. The predicted octanol–water partition coefficient (Wildman–Crippen LogP) is 21.4. The molecule has 0 bridgehead atoms. The van der Waals surface area contributed by atoms with Crippen LogP contribution >= 0.6 is 0 Å². The van der Waals surface area contributed by atoms with E-state index in [0.29, 0.717) is 6.04 Å². The predicted molar refractivity (Wildman–Crippen MR) is 283 cm³/mol. The lowest BCUT2D eigenvalue weighted by Gasteiger charge is -2.11. The van der Waals surface area contributed by atoms with Gasteiger partial charge in [-0.25, -0.2) is 0 Å². The lowest BCUT2D eigenvalue weighted by molar-refractivity contribution is 0.477. The Balaban J connectivity index is 0. The SMILES string of the molecule is CCCCCCCCCCCCCCCCCCC(N)CCCCCCCCCCCCCCCCCC.CCCCCCCCCCCCCCCCCCCCCCN. The summed E-state index contributed by atoms with van der Waals surface area (Å²) < 4.78 is 0. The first-order chi connectivity index (χ1) is 30.2. The summed E-state index contributed by atoms with van der Waals surface area (Å²) in [5.41, 5.74) is 11.9. The number of nitrogens with two attached hydrogens (primary N) is 2. The highest BCUT2D eigenvalue weighted by Crippen LogP contribution is 2.18. The number of unbranched alkanes of at least 4 members (excludes halogenated alkanes) is 49. The first-order valence-electron chi connectivity index (χ1n) is 29.7. The van der Waals surface area contributed by atoms with E-state index in [4.69, 9.17) is 11.5 Å². The van der Waals surface area contributed by atoms with Crippen LogP contribution in [0, 0.1) is 0 Å². The molecule has 0 heterocycles. The topological polar surface area (TPSA) is 52.0 Å². The van der Waals surface area contributed by atoms with E-state index in [2.05, 4.69) is 20.8 Å². The van der Waals surface area contributed by atoms with Gasteiger partial charge >= 0.3 is 0 Å². The van der Waals surface area contributed by atoms with Crippen LogP contribution in [0.4, 0.5) is 0 Å². The quantitative estimate of drug-likeness (QED) is 0.0599. The van der Waals surface area contributed by atoms with Gasteiger partial charge in [-0.3, -0.25) is 0 Å². The minimum atomic E-state index is 0.466. The largest absolute Gasteiger partial charge is 0.330 e. The van der Waals surface area contributed by atoms with Gasteiger partial charge < -0.3 is 11.5 Å². The molecule has 370 valence electrons. The van der Waals surface area contributed by atoms with E-state index in [1.165, 1.54) is 347 Å². The Kier molecular flexibility index (Phi) is 64.0. The van der Waals surface area contributed by atoms with Crippen molar-refractivity contribution in [1.82, 2.24) is 0 Å². The maximum atomic E-state index is 6.39. The molecule has 0 spiro atoms. The minimum Gasteiger partial charge on any atom is -0.330 e. The molecule has 0 rings (SSSR count). The van der Waals surface area contributed by atoms with Crippen LogP contribution in [-0.2, 0) is 0 Å². The van der Waals surface area contributed by atoms with Crippen molar-refractivity contribution in [2.24, 2.45) is 11.5 Å². The van der Waals surface area contributed by atoms with Gasteiger partial charge in [-0.2, -0.15) is 0 Å².